The number of carbonyl (C=O) groups is 1. The molecule has 5 heteroatoms. The third-order valence-corrected chi connectivity index (χ3v) is 3.82. The standard InChI is InChI=1S/C16H13NO4/c18-15-11-3-1-2-4-12(11)16(19)17(15)8-10-5-6-13-14(7-10)21-9-20-13/h1-7,15,18H,8-9H2/t15-/m1/s1. The zero-order chi connectivity index (χ0) is 14.4. The number of amides is 1. The van der Waals surface area contributed by atoms with Crippen LogP contribution in [0.1, 0.15) is 27.7 Å². The molecule has 0 unspecified atom stereocenters. The van der Waals surface area contributed by atoms with Crippen molar-refractivity contribution in [2.75, 3.05) is 6.79 Å². The van der Waals surface area contributed by atoms with Gasteiger partial charge < -0.3 is 19.5 Å². The quantitative estimate of drug-likeness (QED) is 0.916. The lowest BCUT2D eigenvalue weighted by Crippen LogP contribution is -2.27. The van der Waals surface area contributed by atoms with Crippen LogP contribution in [0.3, 0.4) is 0 Å². The van der Waals surface area contributed by atoms with Crippen molar-refractivity contribution in [2.45, 2.75) is 12.8 Å². The normalized spacial score (nSPS) is 19.0. The predicted molar refractivity (Wildman–Crippen MR) is 73.8 cm³/mol. The minimum atomic E-state index is -0.904. The lowest BCUT2D eigenvalue weighted by molar-refractivity contribution is 0.0137. The maximum Gasteiger partial charge on any atom is 0.256 e. The Kier molecular flexibility index (Phi) is 2.62. The zero-order valence-electron chi connectivity index (χ0n) is 11.2. The molecular formula is C16H13NO4. The topological polar surface area (TPSA) is 59.0 Å². The van der Waals surface area contributed by atoms with E-state index in [0.717, 1.165) is 5.56 Å². The number of hydrogen-bond acceptors (Lipinski definition) is 4. The van der Waals surface area contributed by atoms with Crippen LogP contribution in [0.4, 0.5) is 0 Å². The van der Waals surface area contributed by atoms with Crippen LogP contribution in [-0.4, -0.2) is 22.7 Å². The van der Waals surface area contributed by atoms with Crippen LogP contribution in [0.25, 0.3) is 0 Å². The number of carbonyl (C=O) groups excluding carboxylic acids is 1. The Balaban J connectivity index is 1.63. The second kappa shape index (κ2) is 4.49. The molecule has 106 valence electrons. The maximum atomic E-state index is 12.4. The Labute approximate surface area is 121 Å². The van der Waals surface area contributed by atoms with E-state index in [-0.39, 0.29) is 12.7 Å². The Morgan fingerprint density at radius 3 is 2.81 bits per heavy atom. The average Bonchev–Trinajstić information content (AvgIpc) is 3.06. The van der Waals surface area contributed by atoms with Crippen molar-refractivity contribution in [3.63, 3.8) is 0 Å². The molecule has 0 bridgehead atoms. The van der Waals surface area contributed by atoms with Gasteiger partial charge in [0.15, 0.2) is 17.7 Å². The SMILES string of the molecule is O=C1c2ccccc2[C@@H](O)N1Cc1ccc2c(c1)OCO2. The minimum absolute atomic E-state index is 0.157. The van der Waals surface area contributed by atoms with Gasteiger partial charge in [-0.1, -0.05) is 24.3 Å². The molecule has 0 spiro atoms. The van der Waals surface area contributed by atoms with Gasteiger partial charge in [0.1, 0.15) is 0 Å². The molecule has 2 aliphatic heterocycles. The summed E-state index contributed by atoms with van der Waals surface area (Å²) in [4.78, 5) is 13.8. The molecule has 0 aromatic heterocycles. The van der Waals surface area contributed by atoms with E-state index in [4.69, 9.17) is 9.47 Å². The molecule has 2 aliphatic rings. The fourth-order valence-corrected chi connectivity index (χ4v) is 2.74. The molecule has 2 aromatic carbocycles. The molecule has 2 aromatic rings. The van der Waals surface area contributed by atoms with Gasteiger partial charge in [-0.15, -0.1) is 0 Å². The summed E-state index contributed by atoms with van der Waals surface area (Å²) in [5.41, 5.74) is 2.11. The number of nitrogens with zero attached hydrogens (tertiary/aromatic N) is 1. The van der Waals surface area contributed by atoms with E-state index in [1.165, 1.54) is 4.90 Å². The first-order chi connectivity index (χ1) is 10.2. The number of benzene rings is 2. The number of rotatable bonds is 2. The molecule has 0 fully saturated rings. The van der Waals surface area contributed by atoms with Gasteiger partial charge in [0, 0.05) is 17.7 Å². The number of ether oxygens (including phenoxy) is 2. The van der Waals surface area contributed by atoms with E-state index in [9.17, 15) is 9.90 Å². The molecule has 1 N–H and O–H groups in total. The number of aliphatic hydroxyl groups excluding tert-OH is 1. The van der Waals surface area contributed by atoms with Gasteiger partial charge in [0.2, 0.25) is 6.79 Å². The van der Waals surface area contributed by atoms with E-state index in [2.05, 4.69) is 0 Å². The smallest absolute Gasteiger partial charge is 0.256 e. The van der Waals surface area contributed by atoms with Gasteiger partial charge in [0.05, 0.1) is 0 Å². The second-order valence-electron chi connectivity index (χ2n) is 5.08. The fraction of sp³-hybridized carbons (Fsp3) is 0.188. The van der Waals surface area contributed by atoms with Gasteiger partial charge in [0.25, 0.3) is 5.91 Å². The molecule has 0 radical (unpaired) electrons. The Morgan fingerprint density at radius 2 is 1.95 bits per heavy atom. The first-order valence-corrected chi connectivity index (χ1v) is 6.70. The monoisotopic (exact) mass is 283 g/mol. The van der Waals surface area contributed by atoms with Crippen LogP contribution in [-0.2, 0) is 6.54 Å². The highest BCUT2D eigenvalue weighted by molar-refractivity contribution is 5.98. The number of fused-ring (bicyclic) bond motifs is 2. The molecule has 1 amide bonds. The molecule has 5 nitrogen and oxygen atoms in total. The minimum Gasteiger partial charge on any atom is -0.454 e. The van der Waals surface area contributed by atoms with Gasteiger partial charge in [-0.25, -0.2) is 0 Å². The molecule has 4 rings (SSSR count). The number of aliphatic hydroxyl groups is 1. The summed E-state index contributed by atoms with van der Waals surface area (Å²) in [6, 6.07) is 12.7. The second-order valence-corrected chi connectivity index (χ2v) is 5.08. The van der Waals surface area contributed by atoms with Crippen molar-refractivity contribution in [1.82, 2.24) is 4.90 Å². The van der Waals surface area contributed by atoms with Crippen LogP contribution in [0.2, 0.25) is 0 Å². The Morgan fingerprint density at radius 1 is 1.14 bits per heavy atom. The first-order valence-electron chi connectivity index (χ1n) is 6.70. The molecule has 0 saturated carbocycles. The molecule has 2 heterocycles. The van der Waals surface area contributed by atoms with Crippen molar-refractivity contribution in [2.24, 2.45) is 0 Å². The van der Waals surface area contributed by atoms with E-state index < -0.39 is 6.23 Å². The van der Waals surface area contributed by atoms with E-state index in [1.54, 1.807) is 18.2 Å². The molecule has 21 heavy (non-hydrogen) atoms. The maximum absolute atomic E-state index is 12.4. The Bertz CT molecular complexity index is 728. The highest BCUT2D eigenvalue weighted by Gasteiger charge is 2.35. The van der Waals surface area contributed by atoms with Crippen molar-refractivity contribution in [3.05, 3.63) is 59.2 Å². The summed E-state index contributed by atoms with van der Waals surface area (Å²) in [7, 11) is 0. The lowest BCUT2D eigenvalue weighted by atomic mass is 10.1. The van der Waals surface area contributed by atoms with E-state index in [0.29, 0.717) is 29.2 Å². The molecular weight excluding hydrogens is 270 g/mol. The summed E-state index contributed by atoms with van der Waals surface area (Å²) in [5.74, 6) is 1.22. The van der Waals surface area contributed by atoms with Crippen molar-refractivity contribution >= 4 is 5.91 Å². The summed E-state index contributed by atoms with van der Waals surface area (Å²) in [6.45, 7) is 0.542. The van der Waals surface area contributed by atoms with E-state index in [1.807, 2.05) is 24.3 Å². The van der Waals surface area contributed by atoms with Crippen molar-refractivity contribution < 1.29 is 19.4 Å². The first kappa shape index (κ1) is 12.2. The summed E-state index contributed by atoms with van der Waals surface area (Å²) in [5, 5.41) is 10.3. The average molecular weight is 283 g/mol. The van der Waals surface area contributed by atoms with Crippen molar-refractivity contribution in [3.8, 4) is 11.5 Å². The van der Waals surface area contributed by atoms with Gasteiger partial charge in [-0.05, 0) is 23.8 Å². The van der Waals surface area contributed by atoms with Crippen LogP contribution in [0.5, 0.6) is 11.5 Å². The van der Waals surface area contributed by atoms with Crippen LogP contribution in [0, 0.1) is 0 Å². The van der Waals surface area contributed by atoms with Crippen LogP contribution < -0.4 is 9.47 Å². The van der Waals surface area contributed by atoms with Gasteiger partial charge in [-0.2, -0.15) is 0 Å². The fourth-order valence-electron chi connectivity index (χ4n) is 2.74. The third kappa shape index (κ3) is 1.86. The predicted octanol–water partition coefficient (Wildman–Crippen LogP) is 2.06. The Hall–Kier alpha value is -2.53. The molecule has 1 atom stereocenters. The molecule has 0 saturated heterocycles. The van der Waals surface area contributed by atoms with Crippen LogP contribution >= 0.6 is 0 Å². The summed E-state index contributed by atoms with van der Waals surface area (Å²) in [6.07, 6.45) is -0.904. The van der Waals surface area contributed by atoms with Gasteiger partial charge in [-0.3, -0.25) is 4.79 Å². The van der Waals surface area contributed by atoms with Crippen LogP contribution in [0.15, 0.2) is 42.5 Å². The summed E-state index contributed by atoms with van der Waals surface area (Å²) >= 11 is 0. The summed E-state index contributed by atoms with van der Waals surface area (Å²) < 4.78 is 10.6. The van der Waals surface area contributed by atoms with Gasteiger partial charge >= 0.3 is 0 Å². The third-order valence-electron chi connectivity index (χ3n) is 3.82. The molecule has 0 aliphatic carbocycles. The highest BCUT2D eigenvalue weighted by Crippen LogP contribution is 2.36. The highest BCUT2D eigenvalue weighted by atomic mass is 16.7. The van der Waals surface area contributed by atoms with Crippen molar-refractivity contribution in [1.29, 1.82) is 0 Å². The largest absolute Gasteiger partial charge is 0.454 e. The van der Waals surface area contributed by atoms with E-state index >= 15 is 0 Å². The zero-order valence-corrected chi connectivity index (χ0v) is 11.2. The number of hydrogen-bond donors (Lipinski definition) is 1. The lowest BCUT2D eigenvalue weighted by Gasteiger charge is -2.21.